The van der Waals surface area contributed by atoms with Crippen molar-refractivity contribution in [3.63, 3.8) is 0 Å². The highest BCUT2D eigenvalue weighted by Crippen LogP contribution is 2.28. The van der Waals surface area contributed by atoms with Gasteiger partial charge in [0, 0.05) is 0 Å². The van der Waals surface area contributed by atoms with Gasteiger partial charge in [-0.1, -0.05) is 30.9 Å². The summed E-state index contributed by atoms with van der Waals surface area (Å²) in [6.45, 7) is 0. The molecule has 1 aliphatic carbocycles. The van der Waals surface area contributed by atoms with Crippen LogP contribution in [0.4, 0.5) is 0 Å². The molecule has 3 N–H and O–H groups in total. The van der Waals surface area contributed by atoms with E-state index in [1.54, 1.807) is 0 Å². The third-order valence-electron chi connectivity index (χ3n) is 4.41. The molecule has 0 radical (unpaired) electrons. The molecule has 1 saturated heterocycles. The Kier molecular flexibility index (Phi) is 5.42. The molecule has 4 nitrogen and oxygen atoms in total. The van der Waals surface area contributed by atoms with Crippen molar-refractivity contribution in [2.45, 2.75) is 69.1 Å². The van der Waals surface area contributed by atoms with Gasteiger partial charge in [0.05, 0.1) is 17.0 Å². The quantitative estimate of drug-likeness (QED) is 0.473. The highest BCUT2D eigenvalue weighted by Gasteiger charge is 2.36. The van der Waals surface area contributed by atoms with E-state index >= 15 is 0 Å². The second-order valence-electron chi connectivity index (χ2n) is 5.78. The topological polar surface area (TPSA) is 72.2 Å². The molecule has 110 valence electrons. The highest BCUT2D eigenvalue weighted by molar-refractivity contribution is 7.92. The lowest BCUT2D eigenvalue weighted by atomic mass is 9.92. The maximum Gasteiger partial charge on any atom is 0.155 e. The van der Waals surface area contributed by atoms with Crippen LogP contribution < -0.4 is 11.3 Å². The fourth-order valence-electron chi connectivity index (χ4n) is 3.31. The Morgan fingerprint density at radius 2 is 1.95 bits per heavy atom. The van der Waals surface area contributed by atoms with Crippen LogP contribution in [-0.2, 0) is 9.84 Å². The predicted molar refractivity (Wildman–Crippen MR) is 78.3 cm³/mol. The smallest absolute Gasteiger partial charge is 0.155 e. The van der Waals surface area contributed by atoms with E-state index in [0.29, 0.717) is 5.75 Å². The number of hydrogen-bond acceptors (Lipinski definition) is 4. The van der Waals surface area contributed by atoms with Crippen LogP contribution in [0.3, 0.4) is 0 Å². The zero-order chi connectivity index (χ0) is 13.7. The van der Waals surface area contributed by atoms with Crippen molar-refractivity contribution >= 4 is 9.84 Å². The second kappa shape index (κ2) is 6.86. The molecule has 0 saturated carbocycles. The molecule has 2 aliphatic rings. The molecule has 0 aromatic carbocycles. The van der Waals surface area contributed by atoms with Gasteiger partial charge in [0.2, 0.25) is 0 Å². The fourth-order valence-corrected chi connectivity index (χ4v) is 5.41. The lowest BCUT2D eigenvalue weighted by molar-refractivity contribution is 0.461. The molecule has 0 bridgehead atoms. The van der Waals surface area contributed by atoms with Crippen molar-refractivity contribution < 1.29 is 8.42 Å². The lowest BCUT2D eigenvalue weighted by Crippen LogP contribution is -2.50. The van der Waals surface area contributed by atoms with Crippen molar-refractivity contribution in [1.82, 2.24) is 5.43 Å². The molecule has 1 heterocycles. The number of allylic oxidation sites excluding steroid dienone is 1. The van der Waals surface area contributed by atoms with E-state index in [4.69, 9.17) is 5.84 Å². The van der Waals surface area contributed by atoms with Crippen molar-refractivity contribution in [2.75, 3.05) is 5.75 Å². The molecular weight excluding hydrogens is 260 g/mol. The van der Waals surface area contributed by atoms with E-state index in [-0.39, 0.29) is 11.3 Å². The summed E-state index contributed by atoms with van der Waals surface area (Å²) in [7, 11) is -2.99. The third kappa shape index (κ3) is 3.80. The van der Waals surface area contributed by atoms with E-state index in [1.807, 2.05) is 0 Å². The Bertz CT molecular complexity index is 417. The summed E-state index contributed by atoms with van der Waals surface area (Å²) < 4.78 is 24.5. The van der Waals surface area contributed by atoms with Crippen LogP contribution in [-0.4, -0.2) is 25.5 Å². The van der Waals surface area contributed by atoms with Gasteiger partial charge in [-0.2, -0.15) is 0 Å². The molecule has 0 aromatic heterocycles. The number of hydrogen-bond donors (Lipinski definition) is 2. The number of hydrazine groups is 1. The normalized spacial score (nSPS) is 29.9. The zero-order valence-corrected chi connectivity index (χ0v) is 12.4. The van der Waals surface area contributed by atoms with Gasteiger partial charge in [0.15, 0.2) is 9.84 Å². The van der Waals surface area contributed by atoms with Gasteiger partial charge in [-0.3, -0.25) is 11.3 Å². The minimum absolute atomic E-state index is 0.177. The molecule has 1 aliphatic heterocycles. The number of nitrogens with one attached hydrogen (secondary N) is 1. The average molecular weight is 286 g/mol. The summed E-state index contributed by atoms with van der Waals surface area (Å²) in [5.74, 6) is 6.01. The molecule has 19 heavy (non-hydrogen) atoms. The van der Waals surface area contributed by atoms with Crippen LogP contribution in [0.5, 0.6) is 0 Å². The molecule has 1 fully saturated rings. The summed E-state index contributed by atoms with van der Waals surface area (Å²) in [5.41, 5.74) is 4.02. The van der Waals surface area contributed by atoms with Crippen molar-refractivity contribution in [1.29, 1.82) is 0 Å². The monoisotopic (exact) mass is 286 g/mol. The molecule has 0 amide bonds. The number of nitrogens with two attached hydrogens (primary N) is 1. The summed E-state index contributed by atoms with van der Waals surface area (Å²) in [6, 6.07) is -0.177. The van der Waals surface area contributed by atoms with Crippen LogP contribution in [0.25, 0.3) is 0 Å². The molecule has 2 rings (SSSR count). The maximum absolute atomic E-state index is 12.3. The first-order chi connectivity index (χ1) is 9.15. The van der Waals surface area contributed by atoms with Crippen LogP contribution in [0.1, 0.15) is 57.8 Å². The van der Waals surface area contributed by atoms with Gasteiger partial charge in [-0.15, -0.1) is 0 Å². The van der Waals surface area contributed by atoms with Gasteiger partial charge in [-0.05, 0) is 38.5 Å². The SMILES string of the molecule is NNC(C1=CCCCCCC1)C1CCCCS1(=O)=O. The minimum Gasteiger partial charge on any atom is -0.271 e. The van der Waals surface area contributed by atoms with E-state index < -0.39 is 9.84 Å². The van der Waals surface area contributed by atoms with E-state index in [2.05, 4.69) is 11.5 Å². The van der Waals surface area contributed by atoms with Crippen LogP contribution >= 0.6 is 0 Å². The summed E-state index contributed by atoms with van der Waals surface area (Å²) in [5, 5.41) is -0.322. The molecular formula is C14H26N2O2S. The Morgan fingerprint density at radius 3 is 2.68 bits per heavy atom. The number of sulfone groups is 1. The van der Waals surface area contributed by atoms with Gasteiger partial charge in [-0.25, -0.2) is 8.42 Å². The van der Waals surface area contributed by atoms with E-state index in [9.17, 15) is 8.42 Å². The lowest BCUT2D eigenvalue weighted by Gasteiger charge is -2.32. The van der Waals surface area contributed by atoms with E-state index in [0.717, 1.165) is 38.5 Å². The highest BCUT2D eigenvalue weighted by atomic mass is 32.2. The standard InChI is InChI=1S/C14H26N2O2S/c15-16-14(12-8-4-2-1-3-5-9-12)13-10-6-7-11-19(13,17)18/h8,13-14,16H,1-7,9-11,15H2. The number of rotatable bonds is 3. The first kappa shape index (κ1) is 15.0. The third-order valence-corrected chi connectivity index (χ3v) is 6.69. The van der Waals surface area contributed by atoms with Crippen molar-refractivity contribution in [3.8, 4) is 0 Å². The molecule has 2 unspecified atom stereocenters. The van der Waals surface area contributed by atoms with Crippen LogP contribution in [0.2, 0.25) is 0 Å². The zero-order valence-electron chi connectivity index (χ0n) is 11.6. The second-order valence-corrected chi connectivity index (χ2v) is 8.12. The molecule has 5 heteroatoms. The first-order valence-electron chi connectivity index (χ1n) is 7.52. The molecule has 0 spiro atoms. The van der Waals surface area contributed by atoms with Crippen molar-refractivity contribution in [3.05, 3.63) is 11.6 Å². The molecule has 2 atom stereocenters. The van der Waals surface area contributed by atoms with Gasteiger partial charge in [0.25, 0.3) is 0 Å². The summed E-state index contributed by atoms with van der Waals surface area (Å²) >= 11 is 0. The Labute approximate surface area is 116 Å². The Hall–Kier alpha value is -0.390. The summed E-state index contributed by atoms with van der Waals surface area (Å²) in [4.78, 5) is 0. The fraction of sp³-hybridized carbons (Fsp3) is 0.857. The maximum atomic E-state index is 12.3. The first-order valence-corrected chi connectivity index (χ1v) is 9.23. The minimum atomic E-state index is -2.99. The Morgan fingerprint density at radius 1 is 1.16 bits per heavy atom. The van der Waals surface area contributed by atoms with Crippen LogP contribution in [0.15, 0.2) is 11.6 Å². The van der Waals surface area contributed by atoms with Gasteiger partial charge >= 0.3 is 0 Å². The average Bonchev–Trinajstić information content (AvgIpc) is 2.33. The van der Waals surface area contributed by atoms with Crippen LogP contribution in [0, 0.1) is 0 Å². The van der Waals surface area contributed by atoms with Gasteiger partial charge in [0.1, 0.15) is 0 Å². The largest absolute Gasteiger partial charge is 0.271 e. The van der Waals surface area contributed by atoms with Crippen molar-refractivity contribution in [2.24, 2.45) is 5.84 Å². The molecule has 0 aromatic rings. The summed E-state index contributed by atoms with van der Waals surface area (Å²) in [6.07, 6.45) is 11.7. The predicted octanol–water partition coefficient (Wildman–Crippen LogP) is 2.07. The Balaban J connectivity index is 2.17. The van der Waals surface area contributed by atoms with Gasteiger partial charge < -0.3 is 0 Å². The van der Waals surface area contributed by atoms with E-state index in [1.165, 1.54) is 24.8 Å².